The number of carbonyl (C=O) groups excluding carboxylic acids is 1. The summed E-state index contributed by atoms with van der Waals surface area (Å²) in [5.74, 6) is -1.27. The van der Waals surface area contributed by atoms with Crippen LogP contribution in [0.5, 0.6) is 0 Å². The minimum Gasteiger partial charge on any atom is -0.480 e. The van der Waals surface area contributed by atoms with Crippen LogP contribution in [-0.4, -0.2) is 35.4 Å². The predicted molar refractivity (Wildman–Crippen MR) is 80.7 cm³/mol. The van der Waals surface area contributed by atoms with E-state index in [1.807, 2.05) is 0 Å². The summed E-state index contributed by atoms with van der Waals surface area (Å²) < 4.78 is 42.4. The van der Waals surface area contributed by atoms with Crippen LogP contribution in [-0.2, 0) is 15.7 Å². The second-order valence-electron chi connectivity index (χ2n) is 5.99. The highest BCUT2D eigenvalue weighted by molar-refractivity contribution is 5.78. The molecule has 1 amide bonds. The third-order valence-electron chi connectivity index (χ3n) is 2.70. The molecule has 0 radical (unpaired) electrons. The first-order valence-electron chi connectivity index (χ1n) is 7.02. The molecule has 24 heavy (non-hydrogen) atoms. The number of halogens is 3. The third-order valence-corrected chi connectivity index (χ3v) is 2.70. The lowest BCUT2D eigenvalue weighted by Gasteiger charge is -2.21. The van der Waals surface area contributed by atoms with E-state index in [0.29, 0.717) is 0 Å². The highest BCUT2D eigenvalue weighted by atomic mass is 19.4. The van der Waals surface area contributed by atoms with Crippen LogP contribution in [0.3, 0.4) is 0 Å². The number of ether oxygens (including phenoxy) is 1. The summed E-state index contributed by atoms with van der Waals surface area (Å²) in [4.78, 5) is 22.7. The van der Waals surface area contributed by atoms with Crippen molar-refractivity contribution in [3.63, 3.8) is 0 Å². The highest BCUT2D eigenvalue weighted by Gasteiger charge is 2.30. The van der Waals surface area contributed by atoms with Gasteiger partial charge in [0.25, 0.3) is 0 Å². The van der Waals surface area contributed by atoms with Gasteiger partial charge in [-0.05, 0) is 45.0 Å². The van der Waals surface area contributed by atoms with Gasteiger partial charge < -0.3 is 20.5 Å². The normalized spacial score (nSPS) is 13.1. The van der Waals surface area contributed by atoms with Crippen molar-refractivity contribution in [2.75, 3.05) is 11.9 Å². The molecule has 0 spiro atoms. The molecule has 0 fully saturated rings. The van der Waals surface area contributed by atoms with Gasteiger partial charge in [-0.15, -0.1) is 0 Å². The zero-order valence-electron chi connectivity index (χ0n) is 13.4. The summed E-state index contributed by atoms with van der Waals surface area (Å²) in [6, 6.07) is 2.68. The van der Waals surface area contributed by atoms with Gasteiger partial charge in [-0.1, -0.05) is 0 Å². The van der Waals surface area contributed by atoms with E-state index in [1.54, 1.807) is 20.8 Å². The standard InChI is InChI=1S/C15H19F3N2O4/c1-14(2,3)24-13(23)19-8-11(12(21)22)20-10-6-4-9(5-7-10)15(16,17)18/h4-7,11,20H,8H2,1-3H3,(H,19,23)(H,21,22)/t11-/m0/s1. The number of carboxylic acids is 1. The van der Waals surface area contributed by atoms with E-state index in [9.17, 15) is 22.8 Å². The molecule has 134 valence electrons. The molecular formula is C15H19F3N2O4. The van der Waals surface area contributed by atoms with E-state index >= 15 is 0 Å². The number of carbonyl (C=O) groups is 2. The molecule has 0 saturated carbocycles. The molecule has 0 aromatic heterocycles. The molecule has 0 heterocycles. The monoisotopic (exact) mass is 348 g/mol. The van der Waals surface area contributed by atoms with Crippen LogP contribution in [0.4, 0.5) is 23.7 Å². The van der Waals surface area contributed by atoms with E-state index in [0.717, 1.165) is 24.3 Å². The summed E-state index contributed by atoms with van der Waals surface area (Å²) in [5, 5.41) is 14.0. The Kier molecular flexibility index (Phi) is 6.05. The van der Waals surface area contributed by atoms with Crippen molar-refractivity contribution in [2.45, 2.75) is 38.6 Å². The first-order valence-corrected chi connectivity index (χ1v) is 7.02. The minimum absolute atomic E-state index is 0.182. The fraction of sp³-hybridized carbons (Fsp3) is 0.467. The summed E-state index contributed by atoms with van der Waals surface area (Å²) in [5.41, 5.74) is -1.39. The molecule has 1 rings (SSSR count). The maximum absolute atomic E-state index is 12.5. The number of hydrogen-bond donors (Lipinski definition) is 3. The molecule has 6 nitrogen and oxygen atoms in total. The van der Waals surface area contributed by atoms with Gasteiger partial charge in [0, 0.05) is 5.69 Å². The lowest BCUT2D eigenvalue weighted by atomic mass is 10.2. The number of amides is 1. The summed E-state index contributed by atoms with van der Waals surface area (Å²) in [6.07, 6.45) is -5.26. The van der Waals surface area contributed by atoms with Crippen LogP contribution in [0.15, 0.2) is 24.3 Å². The Morgan fingerprint density at radius 2 is 1.71 bits per heavy atom. The molecule has 0 bridgehead atoms. The van der Waals surface area contributed by atoms with Gasteiger partial charge in [-0.3, -0.25) is 0 Å². The number of nitrogens with one attached hydrogen (secondary N) is 2. The first-order chi connectivity index (χ1) is 10.9. The van der Waals surface area contributed by atoms with E-state index in [1.165, 1.54) is 0 Å². The Balaban J connectivity index is 2.67. The van der Waals surface area contributed by atoms with Crippen LogP contribution >= 0.6 is 0 Å². The third kappa shape index (κ3) is 6.76. The fourth-order valence-corrected chi connectivity index (χ4v) is 1.66. The highest BCUT2D eigenvalue weighted by Crippen LogP contribution is 2.29. The molecule has 1 aromatic rings. The van der Waals surface area contributed by atoms with Crippen molar-refractivity contribution in [1.29, 1.82) is 0 Å². The number of alkyl carbamates (subject to hydrolysis) is 1. The number of rotatable bonds is 5. The van der Waals surface area contributed by atoms with Gasteiger partial charge in [0.1, 0.15) is 11.6 Å². The zero-order valence-corrected chi connectivity index (χ0v) is 13.4. The number of benzene rings is 1. The van der Waals surface area contributed by atoms with Crippen molar-refractivity contribution in [3.05, 3.63) is 29.8 Å². The van der Waals surface area contributed by atoms with Crippen molar-refractivity contribution >= 4 is 17.7 Å². The second kappa shape index (κ2) is 7.41. The Hall–Kier alpha value is -2.45. The van der Waals surface area contributed by atoms with Gasteiger partial charge in [0.05, 0.1) is 12.1 Å². The molecule has 0 aliphatic heterocycles. The van der Waals surface area contributed by atoms with Gasteiger partial charge >= 0.3 is 18.2 Å². The molecule has 1 aromatic carbocycles. The van der Waals surface area contributed by atoms with Crippen molar-refractivity contribution < 1.29 is 32.6 Å². The van der Waals surface area contributed by atoms with Gasteiger partial charge in [0.2, 0.25) is 0 Å². The van der Waals surface area contributed by atoms with Crippen molar-refractivity contribution in [2.24, 2.45) is 0 Å². The average molecular weight is 348 g/mol. The summed E-state index contributed by atoms with van der Waals surface area (Å²) in [7, 11) is 0. The topological polar surface area (TPSA) is 87.7 Å². The van der Waals surface area contributed by atoms with E-state index in [2.05, 4.69) is 10.6 Å². The molecule has 0 saturated heterocycles. The molecular weight excluding hydrogens is 329 g/mol. The quantitative estimate of drug-likeness (QED) is 0.761. The number of aliphatic carboxylic acids is 1. The predicted octanol–water partition coefficient (Wildman–Crippen LogP) is 3.10. The summed E-state index contributed by atoms with van der Waals surface area (Å²) >= 11 is 0. The minimum atomic E-state index is -4.47. The number of carboxylic acid groups (broad SMARTS) is 1. The number of alkyl halides is 3. The smallest absolute Gasteiger partial charge is 0.416 e. The van der Waals surface area contributed by atoms with Crippen molar-refractivity contribution in [1.82, 2.24) is 5.32 Å². The largest absolute Gasteiger partial charge is 0.480 e. The van der Waals surface area contributed by atoms with Gasteiger partial charge in [0.15, 0.2) is 0 Å². The maximum Gasteiger partial charge on any atom is 0.416 e. The van der Waals surface area contributed by atoms with Crippen LogP contribution < -0.4 is 10.6 Å². The Morgan fingerprint density at radius 3 is 2.12 bits per heavy atom. The second-order valence-corrected chi connectivity index (χ2v) is 5.99. The van der Waals surface area contributed by atoms with Crippen LogP contribution in [0, 0.1) is 0 Å². The van der Waals surface area contributed by atoms with E-state index in [4.69, 9.17) is 9.84 Å². The SMILES string of the molecule is CC(C)(C)OC(=O)NC[C@H](Nc1ccc(C(F)(F)F)cc1)C(=O)O. The first kappa shape index (κ1) is 19.6. The van der Waals surface area contributed by atoms with E-state index < -0.39 is 35.4 Å². The number of anilines is 1. The lowest BCUT2D eigenvalue weighted by Crippen LogP contribution is -2.43. The number of hydrogen-bond acceptors (Lipinski definition) is 4. The Labute approximate surface area is 137 Å². The maximum atomic E-state index is 12.5. The molecule has 1 atom stereocenters. The summed E-state index contributed by atoms with van der Waals surface area (Å²) in [6.45, 7) is 4.66. The van der Waals surface area contributed by atoms with E-state index in [-0.39, 0.29) is 12.2 Å². The zero-order chi connectivity index (χ0) is 18.5. The molecule has 0 unspecified atom stereocenters. The van der Waals surface area contributed by atoms with Crippen LogP contribution in [0.25, 0.3) is 0 Å². The molecule has 0 aliphatic rings. The van der Waals surface area contributed by atoms with Gasteiger partial charge in [-0.25, -0.2) is 9.59 Å². The molecule has 3 N–H and O–H groups in total. The van der Waals surface area contributed by atoms with Crippen LogP contribution in [0.1, 0.15) is 26.3 Å². The van der Waals surface area contributed by atoms with Crippen molar-refractivity contribution in [3.8, 4) is 0 Å². The molecule has 9 heteroatoms. The molecule has 0 aliphatic carbocycles. The fourth-order valence-electron chi connectivity index (χ4n) is 1.66. The van der Waals surface area contributed by atoms with Crippen LogP contribution in [0.2, 0.25) is 0 Å². The lowest BCUT2D eigenvalue weighted by molar-refractivity contribution is -0.138. The Bertz CT molecular complexity index is 580. The Morgan fingerprint density at radius 1 is 1.17 bits per heavy atom. The van der Waals surface area contributed by atoms with Gasteiger partial charge in [-0.2, -0.15) is 13.2 Å². The average Bonchev–Trinajstić information content (AvgIpc) is 2.40.